The molecule has 20 heavy (non-hydrogen) atoms. The highest BCUT2D eigenvalue weighted by Gasteiger charge is 2.23. The molecule has 2 heterocycles. The Bertz CT molecular complexity index is 864. The summed E-state index contributed by atoms with van der Waals surface area (Å²) in [6.45, 7) is 0. The summed E-state index contributed by atoms with van der Waals surface area (Å²) in [7, 11) is 0. The number of nitrogens with zero attached hydrogens (tertiary/aromatic N) is 2. The lowest BCUT2D eigenvalue weighted by Crippen LogP contribution is -2.12. The van der Waals surface area contributed by atoms with Crippen LogP contribution in [-0.4, -0.2) is 19.6 Å². The number of fused-ring (bicyclic) bond motifs is 1. The first-order chi connectivity index (χ1) is 9.59. The third-order valence-electron chi connectivity index (χ3n) is 3.03. The molecule has 1 aromatic carbocycles. The highest BCUT2D eigenvalue weighted by molar-refractivity contribution is 5.87. The SMILES string of the molecule is O=c1[nH]c2c(ccn2-c2ccccc2)c(O)c1[N+](=O)[O-]. The van der Waals surface area contributed by atoms with E-state index in [-0.39, 0.29) is 5.39 Å². The first-order valence-corrected chi connectivity index (χ1v) is 5.75. The highest BCUT2D eigenvalue weighted by atomic mass is 16.6. The van der Waals surface area contributed by atoms with E-state index in [4.69, 9.17) is 0 Å². The third-order valence-corrected chi connectivity index (χ3v) is 3.03. The molecule has 2 N–H and O–H groups in total. The average Bonchev–Trinajstić information content (AvgIpc) is 2.83. The quantitative estimate of drug-likeness (QED) is 0.549. The van der Waals surface area contributed by atoms with Gasteiger partial charge in [0.2, 0.25) is 5.75 Å². The average molecular weight is 271 g/mol. The third kappa shape index (κ3) is 1.64. The Morgan fingerprint density at radius 3 is 2.55 bits per heavy atom. The molecule has 0 aliphatic rings. The van der Waals surface area contributed by atoms with Crippen LogP contribution in [0.5, 0.6) is 5.75 Å². The Balaban J connectivity index is 2.36. The Hall–Kier alpha value is -3.09. The lowest BCUT2D eigenvalue weighted by Gasteiger charge is -2.05. The number of aromatic hydroxyl groups is 1. The van der Waals surface area contributed by atoms with Crippen LogP contribution < -0.4 is 5.56 Å². The molecule has 7 heteroatoms. The number of H-pyrrole nitrogens is 1. The van der Waals surface area contributed by atoms with Crippen LogP contribution in [0.2, 0.25) is 0 Å². The van der Waals surface area contributed by atoms with Gasteiger partial charge in [0.15, 0.2) is 0 Å². The van der Waals surface area contributed by atoms with E-state index in [2.05, 4.69) is 4.98 Å². The molecule has 0 unspecified atom stereocenters. The number of hydrogen-bond donors (Lipinski definition) is 2. The van der Waals surface area contributed by atoms with Gasteiger partial charge < -0.3 is 14.7 Å². The second kappa shape index (κ2) is 4.23. The summed E-state index contributed by atoms with van der Waals surface area (Å²) in [5.74, 6) is -0.622. The minimum Gasteiger partial charge on any atom is -0.501 e. The summed E-state index contributed by atoms with van der Waals surface area (Å²) in [4.78, 5) is 24.0. The zero-order valence-corrected chi connectivity index (χ0v) is 10.1. The molecule has 0 fully saturated rings. The number of hydrogen-bond acceptors (Lipinski definition) is 4. The standard InChI is InChI=1S/C13H9N3O4/c17-11-9-6-7-15(8-4-2-1-3-5-8)12(9)14-13(18)10(11)16(19)20/h1-7H,(H2,14,17,18). The van der Waals surface area contributed by atoms with E-state index in [9.17, 15) is 20.0 Å². The maximum Gasteiger partial charge on any atom is 0.375 e. The Morgan fingerprint density at radius 1 is 1.20 bits per heavy atom. The number of pyridine rings is 1. The smallest absolute Gasteiger partial charge is 0.375 e. The highest BCUT2D eigenvalue weighted by Crippen LogP contribution is 2.31. The van der Waals surface area contributed by atoms with E-state index in [1.807, 2.05) is 30.3 Å². The topological polar surface area (TPSA) is 101 Å². The Kier molecular flexibility index (Phi) is 2.53. The zero-order valence-electron chi connectivity index (χ0n) is 10.1. The molecule has 0 radical (unpaired) electrons. The van der Waals surface area contributed by atoms with Gasteiger partial charge in [0.1, 0.15) is 5.65 Å². The fourth-order valence-electron chi connectivity index (χ4n) is 2.13. The van der Waals surface area contributed by atoms with Gasteiger partial charge in [0, 0.05) is 11.9 Å². The van der Waals surface area contributed by atoms with Crippen LogP contribution in [0.25, 0.3) is 16.7 Å². The number of aromatic amines is 1. The van der Waals surface area contributed by atoms with Crippen LogP contribution in [0, 0.1) is 10.1 Å². The zero-order chi connectivity index (χ0) is 14.3. The van der Waals surface area contributed by atoms with Crippen molar-refractivity contribution in [1.29, 1.82) is 0 Å². The molecule has 0 saturated heterocycles. The maximum absolute atomic E-state index is 11.7. The van der Waals surface area contributed by atoms with E-state index in [0.29, 0.717) is 5.65 Å². The summed E-state index contributed by atoms with van der Waals surface area (Å²) < 4.78 is 1.64. The summed E-state index contributed by atoms with van der Waals surface area (Å²) in [6, 6.07) is 10.6. The minimum atomic E-state index is -0.934. The summed E-state index contributed by atoms with van der Waals surface area (Å²) in [5.41, 5.74) is -0.699. The Morgan fingerprint density at radius 2 is 1.90 bits per heavy atom. The van der Waals surface area contributed by atoms with Crippen LogP contribution in [0.4, 0.5) is 5.69 Å². The molecule has 0 spiro atoms. The molecule has 3 aromatic rings. The van der Waals surface area contributed by atoms with Crippen molar-refractivity contribution in [2.24, 2.45) is 0 Å². The predicted octanol–water partition coefficient (Wildman–Crippen LogP) is 1.93. The second-order valence-electron chi connectivity index (χ2n) is 4.19. The molecule has 0 atom stereocenters. The van der Waals surface area contributed by atoms with Gasteiger partial charge in [-0.25, -0.2) is 0 Å². The fraction of sp³-hybridized carbons (Fsp3) is 0. The number of benzene rings is 1. The van der Waals surface area contributed by atoms with Crippen molar-refractivity contribution < 1.29 is 10.0 Å². The summed E-state index contributed by atoms with van der Waals surface area (Å²) in [6.07, 6.45) is 1.62. The molecule has 0 saturated carbocycles. The normalized spacial score (nSPS) is 10.8. The predicted molar refractivity (Wildman–Crippen MR) is 72.2 cm³/mol. The van der Waals surface area contributed by atoms with Gasteiger partial charge >= 0.3 is 11.2 Å². The lowest BCUT2D eigenvalue weighted by molar-refractivity contribution is -0.387. The molecule has 0 amide bonds. The van der Waals surface area contributed by atoms with Crippen molar-refractivity contribution >= 4 is 16.7 Å². The monoisotopic (exact) mass is 271 g/mol. The van der Waals surface area contributed by atoms with E-state index < -0.39 is 21.9 Å². The molecule has 7 nitrogen and oxygen atoms in total. The lowest BCUT2D eigenvalue weighted by atomic mass is 10.3. The van der Waals surface area contributed by atoms with Gasteiger partial charge in [-0.15, -0.1) is 0 Å². The summed E-state index contributed by atoms with van der Waals surface area (Å²) >= 11 is 0. The van der Waals surface area contributed by atoms with Gasteiger partial charge in [0.25, 0.3) is 0 Å². The van der Waals surface area contributed by atoms with Gasteiger partial charge in [-0.2, -0.15) is 0 Å². The largest absolute Gasteiger partial charge is 0.501 e. The molecular formula is C13H9N3O4. The van der Waals surface area contributed by atoms with Gasteiger partial charge in [0.05, 0.1) is 10.3 Å². The molecule has 3 rings (SSSR count). The van der Waals surface area contributed by atoms with Gasteiger partial charge in [-0.3, -0.25) is 14.9 Å². The van der Waals surface area contributed by atoms with Gasteiger partial charge in [-0.1, -0.05) is 18.2 Å². The van der Waals surface area contributed by atoms with Crippen LogP contribution in [-0.2, 0) is 0 Å². The first-order valence-electron chi connectivity index (χ1n) is 5.75. The van der Waals surface area contributed by atoms with E-state index in [1.54, 1.807) is 10.8 Å². The van der Waals surface area contributed by atoms with Crippen LogP contribution in [0.1, 0.15) is 0 Å². The second-order valence-corrected chi connectivity index (χ2v) is 4.19. The van der Waals surface area contributed by atoms with Crippen LogP contribution >= 0.6 is 0 Å². The number of para-hydroxylation sites is 1. The number of aromatic nitrogens is 2. The van der Waals surface area contributed by atoms with Crippen molar-refractivity contribution in [1.82, 2.24) is 9.55 Å². The van der Waals surface area contributed by atoms with Crippen LogP contribution in [0.15, 0.2) is 47.4 Å². The van der Waals surface area contributed by atoms with Crippen LogP contribution in [0.3, 0.4) is 0 Å². The molecule has 0 aliphatic carbocycles. The van der Waals surface area contributed by atoms with Gasteiger partial charge in [-0.05, 0) is 18.2 Å². The summed E-state index contributed by atoms with van der Waals surface area (Å²) in [5, 5.41) is 20.9. The van der Waals surface area contributed by atoms with E-state index in [0.717, 1.165) is 5.69 Å². The fourth-order valence-corrected chi connectivity index (χ4v) is 2.13. The van der Waals surface area contributed by atoms with Crippen molar-refractivity contribution in [2.75, 3.05) is 0 Å². The van der Waals surface area contributed by atoms with Crippen molar-refractivity contribution in [3.8, 4) is 11.4 Å². The maximum atomic E-state index is 11.7. The van der Waals surface area contributed by atoms with E-state index >= 15 is 0 Å². The molecular weight excluding hydrogens is 262 g/mol. The molecule has 2 aromatic heterocycles. The number of nitrogens with one attached hydrogen (secondary N) is 1. The molecule has 100 valence electrons. The molecule has 0 aliphatic heterocycles. The molecule has 0 bridgehead atoms. The number of rotatable bonds is 2. The minimum absolute atomic E-state index is 0.222. The van der Waals surface area contributed by atoms with E-state index in [1.165, 1.54) is 6.07 Å². The Labute approximate surface area is 111 Å². The van der Waals surface area contributed by atoms with Crippen molar-refractivity contribution in [2.45, 2.75) is 0 Å². The van der Waals surface area contributed by atoms with Crippen molar-refractivity contribution in [3.63, 3.8) is 0 Å². The first kappa shape index (κ1) is 12.0. The number of nitro groups is 1. The van der Waals surface area contributed by atoms with Crippen molar-refractivity contribution in [3.05, 3.63) is 63.1 Å².